The van der Waals surface area contributed by atoms with E-state index < -0.39 is 15.7 Å². The summed E-state index contributed by atoms with van der Waals surface area (Å²) < 4.78 is 51.9. The van der Waals surface area contributed by atoms with Gasteiger partial charge in [0.05, 0.1) is 16.5 Å². The van der Waals surface area contributed by atoms with Crippen LogP contribution >= 0.6 is 0 Å². The number of hydrogen-bond acceptors (Lipinski definition) is 6. The fraction of sp³-hybridized carbons (Fsp3) is 0.214. The highest BCUT2D eigenvalue weighted by Gasteiger charge is 2.23. The van der Waals surface area contributed by atoms with Gasteiger partial charge >= 0.3 is 0 Å². The Labute approximate surface area is 214 Å². The predicted molar refractivity (Wildman–Crippen MR) is 137 cm³/mol. The maximum absolute atomic E-state index is 14.0. The average molecular weight is 518 g/mol. The fourth-order valence-electron chi connectivity index (χ4n) is 4.76. The van der Waals surface area contributed by atoms with Gasteiger partial charge in [0.25, 0.3) is 0 Å². The van der Waals surface area contributed by atoms with E-state index in [2.05, 4.69) is 11.1 Å². The maximum atomic E-state index is 14.0. The smallest absolute Gasteiger partial charge is 0.177 e. The Morgan fingerprint density at radius 1 is 1.19 bits per heavy atom. The van der Waals surface area contributed by atoms with Crippen LogP contribution in [0.2, 0.25) is 0 Å². The molecule has 0 amide bonds. The lowest BCUT2D eigenvalue weighted by Gasteiger charge is -2.14. The molecule has 0 aliphatic carbocycles. The van der Waals surface area contributed by atoms with Crippen LogP contribution in [-0.4, -0.2) is 31.3 Å². The van der Waals surface area contributed by atoms with Gasteiger partial charge in [-0.1, -0.05) is 18.2 Å². The molecule has 0 saturated carbocycles. The monoisotopic (exact) mass is 517 g/mol. The number of sulfone groups is 1. The first-order chi connectivity index (χ1) is 17.7. The van der Waals surface area contributed by atoms with Crippen molar-refractivity contribution in [1.29, 1.82) is 5.26 Å². The zero-order chi connectivity index (χ0) is 26.3. The lowest BCUT2D eigenvalue weighted by molar-refractivity contribution is 0.175. The molecule has 0 bridgehead atoms. The number of ether oxygens (including phenoxy) is 2. The number of benzene rings is 3. The number of hydrogen-bond donors (Lipinski definition) is 0. The molecule has 0 unspecified atom stereocenters. The van der Waals surface area contributed by atoms with Crippen molar-refractivity contribution in [3.05, 3.63) is 94.1 Å². The SMILES string of the molecule is COCc1nc2c(S(C)(=O)=O)cccc2n1Cc1ccc2c(c1)COc1cc(F)ccc1/C2=C(/C)C#N. The van der Waals surface area contributed by atoms with E-state index in [-0.39, 0.29) is 18.1 Å². The number of allylic oxidation sites excluding steroid dienone is 1. The molecule has 1 aliphatic heterocycles. The first-order valence-corrected chi connectivity index (χ1v) is 13.4. The van der Waals surface area contributed by atoms with Crippen molar-refractivity contribution in [3.63, 3.8) is 0 Å². The lowest BCUT2D eigenvalue weighted by Crippen LogP contribution is -2.07. The Morgan fingerprint density at radius 3 is 2.70 bits per heavy atom. The van der Waals surface area contributed by atoms with Crippen molar-refractivity contribution in [2.75, 3.05) is 13.4 Å². The summed E-state index contributed by atoms with van der Waals surface area (Å²) in [5.74, 6) is 0.577. The minimum absolute atomic E-state index is 0.170. The summed E-state index contributed by atoms with van der Waals surface area (Å²) in [6.07, 6.45) is 1.17. The number of nitrogens with zero attached hydrogens (tertiary/aromatic N) is 3. The summed E-state index contributed by atoms with van der Waals surface area (Å²) in [6, 6.07) is 17.5. The summed E-state index contributed by atoms with van der Waals surface area (Å²) in [5.41, 5.74) is 5.60. The minimum Gasteiger partial charge on any atom is -0.488 e. The molecule has 7 nitrogen and oxygen atoms in total. The molecule has 0 spiro atoms. The molecule has 0 atom stereocenters. The van der Waals surface area contributed by atoms with Gasteiger partial charge in [-0.2, -0.15) is 5.26 Å². The number of nitriles is 1. The van der Waals surface area contributed by atoms with Gasteiger partial charge in [-0.15, -0.1) is 0 Å². The lowest BCUT2D eigenvalue weighted by atomic mass is 9.90. The van der Waals surface area contributed by atoms with Crippen LogP contribution in [0, 0.1) is 17.1 Å². The number of halogens is 1. The number of imidazole rings is 1. The normalized spacial score (nSPS) is 14.4. The van der Waals surface area contributed by atoms with Crippen LogP contribution < -0.4 is 4.74 Å². The zero-order valence-electron chi connectivity index (χ0n) is 20.6. The summed E-state index contributed by atoms with van der Waals surface area (Å²) in [5, 5.41) is 9.68. The maximum Gasteiger partial charge on any atom is 0.177 e. The van der Waals surface area contributed by atoms with E-state index in [4.69, 9.17) is 9.47 Å². The molecule has 0 fully saturated rings. The highest BCUT2D eigenvalue weighted by molar-refractivity contribution is 7.91. The van der Waals surface area contributed by atoms with Crippen LogP contribution in [-0.2, 0) is 34.3 Å². The number of methoxy groups -OCH3 is 1. The molecule has 0 saturated heterocycles. The molecular formula is C28H24FN3O4S. The Morgan fingerprint density at radius 2 is 1.97 bits per heavy atom. The van der Waals surface area contributed by atoms with E-state index in [1.54, 1.807) is 32.2 Å². The summed E-state index contributed by atoms with van der Waals surface area (Å²) >= 11 is 0. The van der Waals surface area contributed by atoms with Gasteiger partial charge in [0, 0.05) is 42.7 Å². The summed E-state index contributed by atoms with van der Waals surface area (Å²) in [7, 11) is -1.91. The quantitative estimate of drug-likeness (QED) is 0.346. The minimum atomic E-state index is -3.47. The number of fused-ring (bicyclic) bond motifs is 3. The van der Waals surface area contributed by atoms with E-state index in [0.29, 0.717) is 45.9 Å². The third-order valence-corrected chi connectivity index (χ3v) is 7.54. The highest BCUT2D eigenvalue weighted by atomic mass is 32.2. The molecule has 2 heterocycles. The molecule has 4 aromatic rings. The van der Waals surface area contributed by atoms with Crippen LogP contribution in [0.3, 0.4) is 0 Å². The number of rotatable bonds is 5. The van der Waals surface area contributed by atoms with Gasteiger partial charge in [0.2, 0.25) is 0 Å². The predicted octanol–water partition coefficient (Wildman–Crippen LogP) is 5.01. The first kappa shape index (κ1) is 24.7. The topological polar surface area (TPSA) is 94.2 Å². The summed E-state index contributed by atoms with van der Waals surface area (Å²) in [6.45, 7) is 2.56. The van der Waals surface area contributed by atoms with E-state index in [1.165, 1.54) is 18.4 Å². The molecule has 37 heavy (non-hydrogen) atoms. The van der Waals surface area contributed by atoms with E-state index in [1.807, 2.05) is 28.8 Å². The van der Waals surface area contributed by atoms with Gasteiger partial charge in [-0.25, -0.2) is 17.8 Å². The van der Waals surface area contributed by atoms with Crippen LogP contribution in [0.4, 0.5) is 4.39 Å². The van der Waals surface area contributed by atoms with E-state index >= 15 is 0 Å². The second-order valence-corrected chi connectivity index (χ2v) is 11.0. The molecular weight excluding hydrogens is 493 g/mol. The molecule has 0 N–H and O–H groups in total. The van der Waals surface area contributed by atoms with Crippen LogP contribution in [0.1, 0.15) is 35.0 Å². The molecule has 5 rings (SSSR count). The van der Waals surface area contributed by atoms with Crippen molar-refractivity contribution in [3.8, 4) is 11.8 Å². The van der Waals surface area contributed by atoms with Gasteiger partial charge in [-0.05, 0) is 53.9 Å². The third kappa shape index (κ3) is 4.50. The Hall–Kier alpha value is -4.00. The Kier molecular flexibility index (Phi) is 6.31. The van der Waals surface area contributed by atoms with Crippen LogP contribution in [0.15, 0.2) is 65.1 Å². The largest absolute Gasteiger partial charge is 0.488 e. The van der Waals surface area contributed by atoms with Crippen molar-refractivity contribution >= 4 is 26.4 Å². The molecule has 1 aromatic heterocycles. The molecule has 3 aromatic carbocycles. The summed E-state index contributed by atoms with van der Waals surface area (Å²) in [4.78, 5) is 4.77. The standard InChI is InChI=1S/C28H24FN3O4S/c1-17(13-30)27-21-9-7-18(11-19(21)15-36-24-12-20(29)8-10-22(24)27)14-32-23-5-4-6-25(37(3,33)34)28(23)31-26(32)16-35-2/h4-12H,14-16H2,1-3H3/b27-17-. The Bertz CT molecular complexity index is 1730. The number of para-hydroxylation sites is 1. The van der Waals surface area contributed by atoms with E-state index in [0.717, 1.165) is 16.7 Å². The second kappa shape index (κ2) is 9.47. The van der Waals surface area contributed by atoms with Gasteiger partial charge in [-0.3, -0.25) is 0 Å². The van der Waals surface area contributed by atoms with E-state index in [9.17, 15) is 18.1 Å². The molecule has 9 heteroatoms. The average Bonchev–Trinajstić information content (AvgIpc) is 3.11. The molecule has 188 valence electrons. The molecule has 0 radical (unpaired) electrons. The highest BCUT2D eigenvalue weighted by Crippen LogP contribution is 2.39. The van der Waals surface area contributed by atoms with Crippen molar-refractivity contribution in [1.82, 2.24) is 9.55 Å². The van der Waals surface area contributed by atoms with Crippen molar-refractivity contribution in [2.24, 2.45) is 0 Å². The van der Waals surface area contributed by atoms with Gasteiger partial charge in [0.1, 0.15) is 36.1 Å². The second-order valence-electron chi connectivity index (χ2n) is 8.98. The van der Waals surface area contributed by atoms with Crippen molar-refractivity contribution < 1.29 is 22.3 Å². The third-order valence-electron chi connectivity index (χ3n) is 6.41. The number of aromatic nitrogens is 2. The van der Waals surface area contributed by atoms with Crippen LogP contribution in [0.25, 0.3) is 16.6 Å². The molecule has 1 aliphatic rings. The van der Waals surface area contributed by atoms with Gasteiger partial charge < -0.3 is 14.0 Å². The Balaban J connectivity index is 1.62. The first-order valence-electron chi connectivity index (χ1n) is 11.5. The van der Waals surface area contributed by atoms with Gasteiger partial charge in [0.15, 0.2) is 9.84 Å². The van der Waals surface area contributed by atoms with Crippen LogP contribution in [0.5, 0.6) is 5.75 Å². The van der Waals surface area contributed by atoms with Crippen molar-refractivity contribution in [2.45, 2.75) is 31.6 Å². The fourth-order valence-corrected chi connectivity index (χ4v) is 5.59. The zero-order valence-corrected chi connectivity index (χ0v) is 21.4.